The molecule has 11 nitrogen and oxygen atoms in total. The number of hydrogen-bond donors (Lipinski definition) is 3. The number of fused-ring (bicyclic) bond motifs is 6. The highest BCUT2D eigenvalue weighted by Gasteiger charge is 2.53. The number of nitrogens with zero attached hydrogens (tertiary/aromatic N) is 1. The van der Waals surface area contributed by atoms with Crippen LogP contribution in [0.3, 0.4) is 0 Å². The van der Waals surface area contributed by atoms with E-state index in [9.17, 15) is 29.7 Å². The number of carbonyl (C=O) groups excluding carboxylic acids is 3. The van der Waals surface area contributed by atoms with Gasteiger partial charge in [-0.25, -0.2) is 0 Å². The van der Waals surface area contributed by atoms with Gasteiger partial charge in [-0.15, -0.1) is 0 Å². The summed E-state index contributed by atoms with van der Waals surface area (Å²) >= 11 is 0. The van der Waals surface area contributed by atoms with E-state index in [0.29, 0.717) is 6.42 Å². The van der Waals surface area contributed by atoms with Gasteiger partial charge in [0.2, 0.25) is 5.78 Å². The molecule has 7 rings (SSSR count). The van der Waals surface area contributed by atoms with Crippen LogP contribution in [0.15, 0.2) is 18.2 Å². The number of benzene rings is 2. The number of rotatable bonds is 4. The summed E-state index contributed by atoms with van der Waals surface area (Å²) in [5.74, 6) is -2.89. The molecule has 3 aliphatic heterocycles. The largest absolute Gasteiger partial charge is 0.507 e. The quantitative estimate of drug-likeness (QED) is 0.391. The lowest BCUT2D eigenvalue weighted by atomic mass is 9.72. The number of methoxy groups -OCH3 is 1. The number of phenolic OH excluding ortho intramolecular Hbond substituents is 2. The monoisotopic (exact) mass is 579 g/mol. The first kappa shape index (κ1) is 27.5. The second kappa shape index (κ2) is 9.58. The van der Waals surface area contributed by atoms with Crippen molar-refractivity contribution in [2.75, 3.05) is 13.7 Å². The molecular formula is C31H33NO10. The van der Waals surface area contributed by atoms with E-state index >= 15 is 0 Å². The Balaban J connectivity index is 1.31. The van der Waals surface area contributed by atoms with Gasteiger partial charge in [-0.05, 0) is 32.8 Å². The van der Waals surface area contributed by atoms with Gasteiger partial charge in [0, 0.05) is 42.5 Å². The van der Waals surface area contributed by atoms with Crippen LogP contribution in [-0.4, -0.2) is 87.6 Å². The maximum atomic E-state index is 13.8. The van der Waals surface area contributed by atoms with Gasteiger partial charge in [0.1, 0.15) is 29.1 Å². The van der Waals surface area contributed by atoms with E-state index in [0.717, 1.165) is 19.4 Å². The Morgan fingerprint density at radius 1 is 1.10 bits per heavy atom. The highest BCUT2D eigenvalue weighted by atomic mass is 16.7. The molecule has 0 spiro atoms. The molecule has 5 unspecified atom stereocenters. The third-order valence-electron chi connectivity index (χ3n) is 9.65. The summed E-state index contributed by atoms with van der Waals surface area (Å²) in [5.41, 5.74) is -2.68. The van der Waals surface area contributed by atoms with Gasteiger partial charge in [0.05, 0.1) is 48.2 Å². The van der Waals surface area contributed by atoms with Gasteiger partial charge in [-0.2, -0.15) is 0 Å². The van der Waals surface area contributed by atoms with Crippen molar-refractivity contribution in [2.24, 2.45) is 0 Å². The first-order valence-corrected chi connectivity index (χ1v) is 14.4. The highest BCUT2D eigenvalue weighted by Crippen LogP contribution is 2.53. The van der Waals surface area contributed by atoms with Gasteiger partial charge in [-0.1, -0.05) is 12.1 Å². The predicted octanol–water partition coefficient (Wildman–Crippen LogP) is 2.53. The number of carbonyl (C=O) groups is 3. The van der Waals surface area contributed by atoms with Crippen LogP contribution >= 0.6 is 0 Å². The van der Waals surface area contributed by atoms with Crippen LogP contribution < -0.4 is 4.74 Å². The lowest BCUT2D eigenvalue weighted by molar-refractivity contribution is -0.244. The van der Waals surface area contributed by atoms with Crippen molar-refractivity contribution in [3.63, 3.8) is 0 Å². The van der Waals surface area contributed by atoms with Crippen LogP contribution in [-0.2, 0) is 25.4 Å². The third-order valence-corrected chi connectivity index (χ3v) is 9.65. The molecule has 3 fully saturated rings. The van der Waals surface area contributed by atoms with Crippen molar-refractivity contribution in [1.29, 1.82) is 0 Å². The van der Waals surface area contributed by atoms with Crippen LogP contribution in [0.4, 0.5) is 0 Å². The molecule has 11 heteroatoms. The molecule has 2 aromatic rings. The molecule has 3 heterocycles. The summed E-state index contributed by atoms with van der Waals surface area (Å²) in [6.07, 6.45) is -0.526. The van der Waals surface area contributed by atoms with Crippen molar-refractivity contribution < 1.29 is 48.7 Å². The van der Waals surface area contributed by atoms with Gasteiger partial charge >= 0.3 is 0 Å². The molecule has 0 aromatic heterocycles. The molecule has 2 aliphatic carbocycles. The smallest absolute Gasteiger partial charge is 0.202 e. The third kappa shape index (κ3) is 3.80. The first-order valence-electron chi connectivity index (χ1n) is 14.4. The summed E-state index contributed by atoms with van der Waals surface area (Å²) in [6.45, 7) is 4.12. The molecule has 7 atom stereocenters. The van der Waals surface area contributed by atoms with E-state index in [1.165, 1.54) is 26.2 Å². The molecule has 0 amide bonds. The van der Waals surface area contributed by atoms with Crippen molar-refractivity contribution in [3.8, 4) is 17.2 Å². The molecule has 2 aromatic carbocycles. The fourth-order valence-electron chi connectivity index (χ4n) is 7.65. The van der Waals surface area contributed by atoms with E-state index in [2.05, 4.69) is 4.90 Å². The molecule has 3 N–H and O–H groups in total. The van der Waals surface area contributed by atoms with Crippen LogP contribution in [0.1, 0.15) is 88.6 Å². The summed E-state index contributed by atoms with van der Waals surface area (Å²) in [5, 5.41) is 34.6. The number of ketones is 3. The van der Waals surface area contributed by atoms with Gasteiger partial charge in [0.25, 0.3) is 0 Å². The number of aliphatic hydroxyl groups is 1. The van der Waals surface area contributed by atoms with E-state index in [-0.39, 0.29) is 76.4 Å². The Hall–Kier alpha value is -3.35. The minimum atomic E-state index is -1.95. The minimum Gasteiger partial charge on any atom is -0.507 e. The zero-order valence-corrected chi connectivity index (χ0v) is 23.6. The number of Topliss-reactive ketones (excluding diaryl/α,β-unsaturated/α-hetero) is 1. The van der Waals surface area contributed by atoms with Crippen LogP contribution in [0.2, 0.25) is 0 Å². The molecule has 0 bridgehead atoms. The standard InChI is InChI=1S/C31H33NO10/c1-13-26-18(41-20-8-5-9-32(20)26)10-21(40-13)42-19-12-31(38,14(2)33)11-16-23(19)30(37)25-24(28(16)35)27(34)15-6-4-7-17(39-3)22(15)29(25)36/h4,6-7,13,18-21,26,35,37-38H,5,8-12H2,1-3H3/t13?,18?,19-,20?,21?,26?,31-/m0/s1. The summed E-state index contributed by atoms with van der Waals surface area (Å²) in [4.78, 5) is 42.4. The number of ether oxygens (including phenoxy) is 4. The average Bonchev–Trinajstić information content (AvgIpc) is 3.54. The number of hydrogen-bond acceptors (Lipinski definition) is 11. The molecule has 0 saturated carbocycles. The van der Waals surface area contributed by atoms with E-state index in [4.69, 9.17) is 18.9 Å². The van der Waals surface area contributed by atoms with Crippen molar-refractivity contribution in [1.82, 2.24) is 4.90 Å². The van der Waals surface area contributed by atoms with Crippen molar-refractivity contribution in [3.05, 3.63) is 51.6 Å². The maximum absolute atomic E-state index is 13.8. The van der Waals surface area contributed by atoms with Crippen LogP contribution in [0.5, 0.6) is 17.2 Å². The van der Waals surface area contributed by atoms with E-state index in [1.807, 2.05) is 6.92 Å². The minimum absolute atomic E-state index is 0.0168. The second-order valence-electron chi connectivity index (χ2n) is 12.0. The maximum Gasteiger partial charge on any atom is 0.202 e. The SMILES string of the molecule is COc1cccc2c1C(=O)c1c(O)c3c(c(O)c1C2=O)C[C@@](O)(C(C)=O)C[C@@H]3OC1CC2OC3CCCN3C2C(C)O1. The van der Waals surface area contributed by atoms with Crippen LogP contribution in [0, 0.1) is 0 Å². The molecule has 3 saturated heterocycles. The topological polar surface area (TPSA) is 152 Å². The van der Waals surface area contributed by atoms with E-state index in [1.54, 1.807) is 6.07 Å². The van der Waals surface area contributed by atoms with Crippen LogP contribution in [0.25, 0.3) is 0 Å². The molecule has 5 aliphatic rings. The number of phenols is 2. The normalized spacial score (nSPS) is 33.4. The number of aromatic hydroxyl groups is 2. The second-order valence-corrected chi connectivity index (χ2v) is 12.0. The Labute approximate surface area is 241 Å². The summed E-state index contributed by atoms with van der Waals surface area (Å²) in [6, 6.07) is 4.61. The Kier molecular flexibility index (Phi) is 6.27. The van der Waals surface area contributed by atoms with Gasteiger partial charge in [-0.3, -0.25) is 19.3 Å². The molecule has 42 heavy (non-hydrogen) atoms. The Bertz CT molecular complexity index is 1540. The zero-order valence-electron chi connectivity index (χ0n) is 23.6. The van der Waals surface area contributed by atoms with Gasteiger partial charge < -0.3 is 34.3 Å². The predicted molar refractivity (Wildman–Crippen MR) is 145 cm³/mol. The Morgan fingerprint density at radius 2 is 1.86 bits per heavy atom. The molecular weight excluding hydrogens is 546 g/mol. The van der Waals surface area contributed by atoms with Crippen molar-refractivity contribution in [2.45, 2.75) is 88.4 Å². The lowest BCUT2D eigenvalue weighted by Crippen LogP contribution is -2.52. The highest BCUT2D eigenvalue weighted by molar-refractivity contribution is 6.31. The first-order chi connectivity index (χ1) is 20.0. The summed E-state index contributed by atoms with van der Waals surface area (Å²) in [7, 11) is 1.37. The fourth-order valence-corrected chi connectivity index (χ4v) is 7.65. The fraction of sp³-hybridized carbons (Fsp3) is 0.516. The van der Waals surface area contributed by atoms with Gasteiger partial charge in [0.15, 0.2) is 17.9 Å². The zero-order chi connectivity index (χ0) is 29.7. The van der Waals surface area contributed by atoms with Crippen molar-refractivity contribution >= 4 is 17.3 Å². The molecule has 0 radical (unpaired) electrons. The Morgan fingerprint density at radius 3 is 2.60 bits per heavy atom. The lowest BCUT2D eigenvalue weighted by Gasteiger charge is -2.42. The molecule has 222 valence electrons. The average molecular weight is 580 g/mol. The van der Waals surface area contributed by atoms with E-state index < -0.39 is 46.8 Å². The summed E-state index contributed by atoms with van der Waals surface area (Å²) < 4.78 is 24.3.